The molecule has 0 aliphatic heterocycles. The van der Waals surface area contributed by atoms with Gasteiger partial charge in [0.2, 0.25) is 0 Å². The third-order valence-electron chi connectivity index (χ3n) is 4.02. The van der Waals surface area contributed by atoms with Gasteiger partial charge in [-0.25, -0.2) is 9.18 Å². The van der Waals surface area contributed by atoms with Gasteiger partial charge in [0.25, 0.3) is 0 Å². The summed E-state index contributed by atoms with van der Waals surface area (Å²) < 4.78 is 19.3. The van der Waals surface area contributed by atoms with Gasteiger partial charge in [0.1, 0.15) is 11.6 Å². The Balaban J connectivity index is 2.04. The van der Waals surface area contributed by atoms with Crippen LogP contribution in [0.4, 0.5) is 4.39 Å². The number of aromatic carboxylic acids is 1. The monoisotopic (exact) mass is 266 g/mol. The van der Waals surface area contributed by atoms with E-state index in [0.29, 0.717) is 17.6 Å². The van der Waals surface area contributed by atoms with Gasteiger partial charge in [-0.3, -0.25) is 0 Å². The molecule has 1 saturated carbocycles. The number of hydrogen-bond donors (Lipinski definition) is 1. The van der Waals surface area contributed by atoms with E-state index >= 15 is 0 Å². The maximum absolute atomic E-state index is 13.5. The molecule has 1 aliphatic carbocycles. The summed E-state index contributed by atoms with van der Waals surface area (Å²) in [5, 5.41) is 8.76. The van der Waals surface area contributed by atoms with Gasteiger partial charge in [-0.15, -0.1) is 0 Å². The minimum atomic E-state index is -1.26. The van der Waals surface area contributed by atoms with Crippen molar-refractivity contribution in [1.82, 2.24) is 0 Å². The van der Waals surface area contributed by atoms with Crippen LogP contribution in [0.1, 0.15) is 43.5 Å². The van der Waals surface area contributed by atoms with Gasteiger partial charge in [-0.2, -0.15) is 0 Å². The topological polar surface area (TPSA) is 46.5 Å². The van der Waals surface area contributed by atoms with Gasteiger partial charge in [-0.1, -0.05) is 13.8 Å². The summed E-state index contributed by atoms with van der Waals surface area (Å²) in [6, 6.07) is 3.93. The molecule has 0 aromatic heterocycles. The van der Waals surface area contributed by atoms with E-state index in [0.717, 1.165) is 25.3 Å². The standard InChI is InChI=1S/C15H19FO3/c1-9-3-4-11(7-10(9)2)19-12-5-6-13(15(17)18)14(16)8-12/h5-6,8-11H,3-4,7H2,1-2H3,(H,17,18). The van der Waals surface area contributed by atoms with Crippen LogP contribution < -0.4 is 4.74 Å². The molecule has 3 atom stereocenters. The van der Waals surface area contributed by atoms with E-state index in [1.807, 2.05) is 0 Å². The van der Waals surface area contributed by atoms with Crippen molar-refractivity contribution < 1.29 is 19.0 Å². The molecule has 0 amide bonds. The second kappa shape index (κ2) is 5.59. The zero-order valence-corrected chi connectivity index (χ0v) is 11.2. The molecule has 0 saturated heterocycles. The molecule has 104 valence electrons. The highest BCUT2D eigenvalue weighted by Crippen LogP contribution is 2.32. The lowest BCUT2D eigenvalue weighted by Gasteiger charge is -2.32. The highest BCUT2D eigenvalue weighted by Gasteiger charge is 2.26. The normalized spacial score (nSPS) is 27.0. The first kappa shape index (κ1) is 13.8. The van der Waals surface area contributed by atoms with Crippen LogP contribution in [-0.4, -0.2) is 17.2 Å². The van der Waals surface area contributed by atoms with E-state index in [1.54, 1.807) is 0 Å². The largest absolute Gasteiger partial charge is 0.490 e. The second-order valence-electron chi connectivity index (χ2n) is 5.45. The van der Waals surface area contributed by atoms with Gasteiger partial charge in [-0.05, 0) is 43.2 Å². The van der Waals surface area contributed by atoms with Gasteiger partial charge in [0, 0.05) is 6.07 Å². The number of ether oxygens (including phenoxy) is 1. The number of hydrogen-bond acceptors (Lipinski definition) is 2. The fourth-order valence-electron chi connectivity index (χ4n) is 2.54. The van der Waals surface area contributed by atoms with Gasteiger partial charge >= 0.3 is 5.97 Å². The number of carboxylic acid groups (broad SMARTS) is 1. The van der Waals surface area contributed by atoms with Crippen molar-refractivity contribution in [2.24, 2.45) is 11.8 Å². The summed E-state index contributed by atoms with van der Waals surface area (Å²) in [7, 11) is 0. The molecule has 2 rings (SSSR count). The third-order valence-corrected chi connectivity index (χ3v) is 4.02. The molecule has 4 heteroatoms. The fraction of sp³-hybridized carbons (Fsp3) is 0.533. The molecule has 0 spiro atoms. The van der Waals surface area contributed by atoms with Gasteiger partial charge in [0.05, 0.1) is 11.7 Å². The average molecular weight is 266 g/mol. The number of carbonyl (C=O) groups is 1. The van der Waals surface area contributed by atoms with Crippen molar-refractivity contribution in [3.8, 4) is 5.75 Å². The summed E-state index contributed by atoms with van der Waals surface area (Å²) in [5.41, 5.74) is -0.321. The Bertz CT molecular complexity index is 472. The smallest absolute Gasteiger partial charge is 0.338 e. The summed E-state index contributed by atoms with van der Waals surface area (Å²) in [5.74, 6) is -0.298. The molecular formula is C15H19FO3. The average Bonchev–Trinajstić information content (AvgIpc) is 2.33. The Morgan fingerprint density at radius 3 is 2.63 bits per heavy atom. The molecule has 1 fully saturated rings. The zero-order chi connectivity index (χ0) is 14.0. The van der Waals surface area contributed by atoms with E-state index in [2.05, 4.69) is 13.8 Å². The zero-order valence-electron chi connectivity index (χ0n) is 11.2. The van der Waals surface area contributed by atoms with Crippen LogP contribution in [0.3, 0.4) is 0 Å². The maximum Gasteiger partial charge on any atom is 0.338 e. The van der Waals surface area contributed by atoms with E-state index in [1.165, 1.54) is 12.1 Å². The Hall–Kier alpha value is -1.58. The molecule has 0 radical (unpaired) electrons. The van der Waals surface area contributed by atoms with Gasteiger partial charge < -0.3 is 9.84 Å². The van der Waals surface area contributed by atoms with Crippen LogP contribution in [-0.2, 0) is 0 Å². The quantitative estimate of drug-likeness (QED) is 0.906. The molecule has 3 nitrogen and oxygen atoms in total. The third kappa shape index (κ3) is 3.25. The van der Waals surface area contributed by atoms with Crippen LogP contribution in [0.5, 0.6) is 5.75 Å². The van der Waals surface area contributed by atoms with Crippen molar-refractivity contribution in [3.05, 3.63) is 29.6 Å². The first-order valence-electron chi connectivity index (χ1n) is 6.67. The Morgan fingerprint density at radius 2 is 2.05 bits per heavy atom. The number of halogens is 1. The maximum atomic E-state index is 13.5. The molecule has 19 heavy (non-hydrogen) atoms. The van der Waals surface area contributed by atoms with Crippen LogP contribution >= 0.6 is 0 Å². The predicted octanol–water partition coefficient (Wildman–Crippen LogP) is 3.73. The van der Waals surface area contributed by atoms with E-state index < -0.39 is 11.8 Å². The minimum absolute atomic E-state index is 0.0984. The minimum Gasteiger partial charge on any atom is -0.490 e. The van der Waals surface area contributed by atoms with Crippen molar-refractivity contribution in [2.45, 2.75) is 39.2 Å². The Morgan fingerprint density at radius 1 is 1.32 bits per heavy atom. The first-order valence-corrected chi connectivity index (χ1v) is 6.67. The van der Waals surface area contributed by atoms with Crippen LogP contribution in [0.25, 0.3) is 0 Å². The summed E-state index contributed by atoms with van der Waals surface area (Å²) >= 11 is 0. The predicted molar refractivity (Wildman–Crippen MR) is 70.0 cm³/mol. The van der Waals surface area contributed by atoms with E-state index in [9.17, 15) is 9.18 Å². The number of rotatable bonds is 3. The van der Waals surface area contributed by atoms with E-state index in [4.69, 9.17) is 9.84 Å². The molecule has 1 aromatic rings. The molecule has 1 aromatic carbocycles. The Labute approximate surface area is 112 Å². The highest BCUT2D eigenvalue weighted by atomic mass is 19.1. The van der Waals surface area contributed by atoms with Crippen molar-refractivity contribution in [1.29, 1.82) is 0 Å². The summed E-state index contributed by atoms with van der Waals surface area (Å²) in [6.07, 6.45) is 3.14. The van der Waals surface area contributed by atoms with E-state index in [-0.39, 0.29) is 11.7 Å². The van der Waals surface area contributed by atoms with Crippen molar-refractivity contribution in [3.63, 3.8) is 0 Å². The van der Waals surface area contributed by atoms with Crippen molar-refractivity contribution in [2.75, 3.05) is 0 Å². The van der Waals surface area contributed by atoms with Gasteiger partial charge in [0.15, 0.2) is 0 Å². The Kier molecular flexibility index (Phi) is 4.08. The SMILES string of the molecule is CC1CCC(Oc2ccc(C(=O)O)c(F)c2)CC1C. The summed E-state index contributed by atoms with van der Waals surface area (Å²) in [6.45, 7) is 4.44. The fourth-order valence-corrected chi connectivity index (χ4v) is 2.54. The van der Waals surface area contributed by atoms with Crippen LogP contribution in [0.15, 0.2) is 18.2 Å². The van der Waals surface area contributed by atoms with Crippen LogP contribution in [0.2, 0.25) is 0 Å². The van der Waals surface area contributed by atoms with Crippen molar-refractivity contribution >= 4 is 5.97 Å². The lowest BCUT2D eigenvalue weighted by molar-refractivity contribution is 0.0691. The number of benzene rings is 1. The second-order valence-corrected chi connectivity index (χ2v) is 5.45. The van der Waals surface area contributed by atoms with Crippen LogP contribution in [0, 0.1) is 17.7 Å². The summed E-state index contributed by atoms with van der Waals surface area (Å²) in [4.78, 5) is 10.7. The molecule has 3 unspecified atom stereocenters. The molecule has 0 heterocycles. The highest BCUT2D eigenvalue weighted by molar-refractivity contribution is 5.88. The molecule has 1 N–H and O–H groups in total. The number of carboxylic acids is 1. The molecule has 1 aliphatic rings. The lowest BCUT2D eigenvalue weighted by Crippen LogP contribution is -2.28. The molecular weight excluding hydrogens is 247 g/mol. The molecule has 0 bridgehead atoms. The lowest BCUT2D eigenvalue weighted by atomic mass is 9.80. The first-order chi connectivity index (χ1) is 8.97.